The van der Waals surface area contributed by atoms with Crippen molar-refractivity contribution in [2.75, 3.05) is 26.2 Å². The summed E-state index contributed by atoms with van der Waals surface area (Å²) in [6.45, 7) is 0. The van der Waals surface area contributed by atoms with E-state index in [-0.39, 0.29) is 11.3 Å². The normalized spacial score (nSPS) is 23.4. The maximum atomic E-state index is 16.1. The lowest BCUT2D eigenvalue weighted by Gasteiger charge is -2.39. The SMILES string of the molecule is COC(=O)c1ccc(N2C(=O)[C@H]3[C@H](C2=O)[C@]2(c4ccccc4)C(=O)[C@@]3(c3ccccc3)C(c3ccc(OC)cc3)=C2c2ccc(OC)cc2)cc1. The van der Waals surface area contributed by atoms with E-state index in [1.165, 1.54) is 24.1 Å². The quantitative estimate of drug-likeness (QED) is 0.134. The number of rotatable bonds is 8. The Morgan fingerprint density at radius 1 is 0.549 bits per heavy atom. The van der Waals surface area contributed by atoms with Gasteiger partial charge < -0.3 is 14.2 Å². The molecule has 51 heavy (non-hydrogen) atoms. The molecule has 1 heterocycles. The summed E-state index contributed by atoms with van der Waals surface area (Å²) in [5, 5.41) is 0. The maximum Gasteiger partial charge on any atom is 0.337 e. The van der Waals surface area contributed by atoms with Crippen molar-refractivity contribution in [3.05, 3.63) is 161 Å². The molecule has 8 nitrogen and oxygen atoms in total. The van der Waals surface area contributed by atoms with Crippen molar-refractivity contribution in [3.8, 4) is 11.5 Å². The van der Waals surface area contributed by atoms with E-state index in [4.69, 9.17) is 14.2 Å². The number of ether oxygens (including phenoxy) is 3. The van der Waals surface area contributed by atoms with Crippen LogP contribution in [0.2, 0.25) is 0 Å². The minimum Gasteiger partial charge on any atom is -0.497 e. The Hall–Kier alpha value is -6.28. The van der Waals surface area contributed by atoms with E-state index in [0.717, 1.165) is 11.1 Å². The largest absolute Gasteiger partial charge is 0.497 e. The van der Waals surface area contributed by atoms with Gasteiger partial charge in [0.2, 0.25) is 11.8 Å². The van der Waals surface area contributed by atoms with Crippen LogP contribution >= 0.6 is 0 Å². The van der Waals surface area contributed by atoms with Gasteiger partial charge in [0.05, 0.1) is 55.2 Å². The van der Waals surface area contributed by atoms with E-state index in [1.807, 2.05) is 109 Å². The Kier molecular flexibility index (Phi) is 7.49. The summed E-state index contributed by atoms with van der Waals surface area (Å²) in [6, 6.07) is 39.9. The number of amides is 2. The van der Waals surface area contributed by atoms with Crippen molar-refractivity contribution in [2.45, 2.75) is 10.8 Å². The van der Waals surface area contributed by atoms with Crippen LogP contribution in [0.4, 0.5) is 5.69 Å². The number of imide groups is 1. The van der Waals surface area contributed by atoms with Gasteiger partial charge in [0.1, 0.15) is 11.5 Å². The highest BCUT2D eigenvalue weighted by molar-refractivity contribution is 6.39. The van der Waals surface area contributed by atoms with Crippen LogP contribution in [0, 0.1) is 11.8 Å². The Labute approximate surface area is 294 Å². The molecule has 0 unspecified atom stereocenters. The summed E-state index contributed by atoms with van der Waals surface area (Å²) in [5.41, 5.74) is 1.53. The highest BCUT2D eigenvalue weighted by atomic mass is 16.5. The molecule has 2 fully saturated rings. The molecule has 8 heteroatoms. The third kappa shape index (κ3) is 4.26. The van der Waals surface area contributed by atoms with Crippen LogP contribution in [0.25, 0.3) is 11.1 Å². The lowest BCUT2D eigenvalue weighted by Crippen LogP contribution is -2.45. The van der Waals surface area contributed by atoms with Crippen LogP contribution in [-0.4, -0.2) is 44.9 Å². The minimum atomic E-state index is -1.56. The third-order valence-corrected chi connectivity index (χ3v) is 10.8. The van der Waals surface area contributed by atoms with Gasteiger partial charge in [0.25, 0.3) is 0 Å². The average Bonchev–Trinajstić information content (AvgIpc) is 3.70. The van der Waals surface area contributed by atoms with E-state index >= 15 is 14.4 Å². The van der Waals surface area contributed by atoms with Gasteiger partial charge in [-0.25, -0.2) is 9.69 Å². The molecule has 0 spiro atoms. The smallest absolute Gasteiger partial charge is 0.337 e. The molecule has 2 amide bonds. The van der Waals surface area contributed by atoms with Gasteiger partial charge in [-0.1, -0.05) is 84.9 Å². The molecule has 8 rings (SSSR count). The van der Waals surface area contributed by atoms with E-state index in [9.17, 15) is 4.79 Å². The molecule has 1 saturated carbocycles. The maximum absolute atomic E-state index is 16.1. The average molecular weight is 676 g/mol. The summed E-state index contributed by atoms with van der Waals surface area (Å²) < 4.78 is 15.9. The Bertz CT molecular complexity index is 2100. The number of hydrogen-bond donors (Lipinski definition) is 0. The fourth-order valence-electron chi connectivity index (χ4n) is 8.76. The monoisotopic (exact) mass is 675 g/mol. The van der Waals surface area contributed by atoms with E-state index in [0.29, 0.717) is 39.5 Å². The van der Waals surface area contributed by atoms with Crippen LogP contribution in [0.15, 0.2) is 133 Å². The number of fused-ring (bicyclic) bond motifs is 5. The second-order valence-electron chi connectivity index (χ2n) is 12.9. The first-order valence-electron chi connectivity index (χ1n) is 16.6. The number of anilines is 1. The molecule has 0 aromatic heterocycles. The van der Waals surface area contributed by atoms with Crippen LogP contribution in [0.3, 0.4) is 0 Å². The van der Waals surface area contributed by atoms with Gasteiger partial charge in [-0.3, -0.25) is 14.4 Å². The zero-order chi connectivity index (χ0) is 35.5. The predicted molar refractivity (Wildman–Crippen MR) is 191 cm³/mol. The lowest BCUT2D eigenvalue weighted by atomic mass is 9.59. The number of esters is 1. The zero-order valence-corrected chi connectivity index (χ0v) is 28.2. The van der Waals surface area contributed by atoms with Crippen LogP contribution in [0.1, 0.15) is 32.6 Å². The zero-order valence-electron chi connectivity index (χ0n) is 28.2. The molecule has 4 atom stereocenters. The molecular weight excluding hydrogens is 642 g/mol. The number of methoxy groups -OCH3 is 3. The summed E-state index contributed by atoms with van der Waals surface area (Å²) in [5.74, 6) is -2.61. The lowest BCUT2D eigenvalue weighted by molar-refractivity contribution is -0.130. The summed E-state index contributed by atoms with van der Waals surface area (Å²) >= 11 is 0. The van der Waals surface area contributed by atoms with Crippen molar-refractivity contribution in [2.24, 2.45) is 11.8 Å². The van der Waals surface area contributed by atoms with Gasteiger partial charge in [-0.05, 0) is 81.9 Å². The van der Waals surface area contributed by atoms with Crippen molar-refractivity contribution in [3.63, 3.8) is 0 Å². The number of hydrogen-bond acceptors (Lipinski definition) is 7. The Balaban J connectivity index is 1.49. The number of nitrogens with zero attached hydrogens (tertiary/aromatic N) is 1. The van der Waals surface area contributed by atoms with Gasteiger partial charge in [-0.2, -0.15) is 0 Å². The number of ketones is 1. The standard InChI is InChI=1S/C43H33NO7/c1-49-32-22-16-26(17-23-32)34-35(27-18-24-33(50-2)25-19-27)43(30-12-8-5-9-13-30)37-36(42(34,41(43)48)29-10-6-4-7-11-29)38(45)44(39(37)46)31-20-14-28(15-21-31)40(47)51-3/h4-25,36-37H,1-3H3/t36-,37-,42-,43+/m1/s1. The van der Waals surface area contributed by atoms with Gasteiger partial charge in [0, 0.05) is 0 Å². The van der Waals surface area contributed by atoms with E-state index in [2.05, 4.69) is 0 Å². The molecule has 5 aromatic rings. The van der Waals surface area contributed by atoms with Crippen molar-refractivity contribution < 1.29 is 33.4 Å². The van der Waals surface area contributed by atoms with Crippen molar-refractivity contribution in [1.29, 1.82) is 0 Å². The second-order valence-corrected chi connectivity index (χ2v) is 12.9. The first kappa shape index (κ1) is 32.0. The van der Waals surface area contributed by atoms with E-state index in [1.54, 1.807) is 26.4 Å². The molecule has 0 N–H and O–H groups in total. The number of allylic oxidation sites excluding steroid dienone is 2. The minimum absolute atomic E-state index is 0.221. The molecule has 1 saturated heterocycles. The highest BCUT2D eigenvalue weighted by Gasteiger charge is 2.82. The summed E-state index contributed by atoms with van der Waals surface area (Å²) in [7, 11) is 4.47. The third-order valence-electron chi connectivity index (χ3n) is 10.8. The fraction of sp³-hybridized carbons (Fsp3) is 0.163. The first-order valence-corrected chi connectivity index (χ1v) is 16.6. The molecule has 252 valence electrons. The summed E-state index contributed by atoms with van der Waals surface area (Å²) in [6.07, 6.45) is 0. The van der Waals surface area contributed by atoms with Gasteiger partial charge in [0.15, 0.2) is 5.78 Å². The van der Waals surface area contributed by atoms with Crippen LogP contribution < -0.4 is 14.4 Å². The number of carbonyl (C=O) groups is 4. The molecule has 5 aromatic carbocycles. The van der Waals surface area contributed by atoms with Gasteiger partial charge >= 0.3 is 5.97 Å². The molecule has 1 aliphatic heterocycles. The number of benzene rings is 5. The van der Waals surface area contributed by atoms with Crippen LogP contribution in [-0.2, 0) is 30.0 Å². The number of carbonyl (C=O) groups excluding carboxylic acids is 4. The topological polar surface area (TPSA) is 99.2 Å². The molecule has 0 radical (unpaired) electrons. The van der Waals surface area contributed by atoms with Crippen LogP contribution in [0.5, 0.6) is 11.5 Å². The van der Waals surface area contributed by atoms with E-state index < -0.39 is 40.4 Å². The predicted octanol–water partition coefficient (Wildman–Crippen LogP) is 6.68. The Morgan fingerprint density at radius 3 is 1.33 bits per heavy atom. The van der Waals surface area contributed by atoms with Crippen molar-refractivity contribution >= 4 is 40.4 Å². The first-order chi connectivity index (χ1) is 24.8. The fourth-order valence-corrected chi connectivity index (χ4v) is 8.76. The van der Waals surface area contributed by atoms with Gasteiger partial charge in [-0.15, -0.1) is 0 Å². The molecule has 2 bridgehead atoms. The highest BCUT2D eigenvalue weighted by Crippen LogP contribution is 2.74. The second kappa shape index (κ2) is 11.9. The number of Topliss-reactive ketones (excluding diaryl/α,β-unsaturated/α-hetero) is 1. The molecule has 2 aliphatic carbocycles. The summed E-state index contributed by atoms with van der Waals surface area (Å²) in [4.78, 5) is 59.8. The molecule has 3 aliphatic rings. The molecular formula is C43H33NO7. The van der Waals surface area contributed by atoms with Crippen molar-refractivity contribution in [1.82, 2.24) is 0 Å². The Morgan fingerprint density at radius 2 is 0.961 bits per heavy atom.